The van der Waals surface area contributed by atoms with Crippen molar-refractivity contribution in [2.45, 2.75) is 20.3 Å². The van der Waals surface area contributed by atoms with Gasteiger partial charge in [-0.25, -0.2) is 0 Å². The lowest BCUT2D eigenvalue weighted by atomic mass is 10.3. The highest BCUT2D eigenvalue weighted by molar-refractivity contribution is 5.69. The van der Waals surface area contributed by atoms with Crippen LogP contribution in [0.3, 0.4) is 0 Å². The van der Waals surface area contributed by atoms with E-state index in [2.05, 4.69) is 6.58 Å². The first-order valence-corrected chi connectivity index (χ1v) is 7.07. The standard InChI is InChI=1S/C16H22O7/c1-12(2)21-10-19-7-4-8-20-11-22-16-6-5-14(9-15(16)18)23-13(3)17/h5-6,9,18H,1,4,7-8,10-11H2,2-3H3. The van der Waals surface area contributed by atoms with Crippen LogP contribution < -0.4 is 9.47 Å². The van der Waals surface area contributed by atoms with Crippen molar-refractivity contribution in [3.63, 3.8) is 0 Å². The molecule has 0 aliphatic carbocycles. The van der Waals surface area contributed by atoms with Crippen LogP contribution in [-0.2, 0) is 19.0 Å². The molecule has 128 valence electrons. The molecule has 0 heterocycles. The molecule has 7 nitrogen and oxygen atoms in total. The molecule has 0 aliphatic rings. The van der Waals surface area contributed by atoms with Crippen LogP contribution in [0.1, 0.15) is 20.3 Å². The van der Waals surface area contributed by atoms with Crippen LogP contribution in [0, 0.1) is 0 Å². The Labute approximate surface area is 135 Å². The SMILES string of the molecule is C=C(C)OCOCCCOCOc1ccc(OC(C)=O)cc1O. The van der Waals surface area contributed by atoms with Gasteiger partial charge in [0, 0.05) is 13.0 Å². The van der Waals surface area contributed by atoms with Gasteiger partial charge in [0.05, 0.1) is 19.0 Å². The Balaban J connectivity index is 2.14. The summed E-state index contributed by atoms with van der Waals surface area (Å²) >= 11 is 0. The van der Waals surface area contributed by atoms with E-state index in [1.165, 1.54) is 25.1 Å². The van der Waals surface area contributed by atoms with E-state index in [9.17, 15) is 9.90 Å². The summed E-state index contributed by atoms with van der Waals surface area (Å²) in [6.45, 7) is 7.71. The molecule has 7 heteroatoms. The van der Waals surface area contributed by atoms with Crippen LogP contribution in [0.25, 0.3) is 0 Å². The monoisotopic (exact) mass is 326 g/mol. The fraction of sp³-hybridized carbons (Fsp3) is 0.438. The van der Waals surface area contributed by atoms with E-state index in [1.54, 1.807) is 6.92 Å². The molecular formula is C16H22O7. The third-order valence-electron chi connectivity index (χ3n) is 2.46. The first kappa shape index (κ1) is 18.8. The average molecular weight is 326 g/mol. The Kier molecular flexibility index (Phi) is 8.56. The minimum absolute atomic E-state index is 0.0112. The maximum Gasteiger partial charge on any atom is 0.308 e. The van der Waals surface area contributed by atoms with Crippen molar-refractivity contribution in [1.82, 2.24) is 0 Å². The van der Waals surface area contributed by atoms with Gasteiger partial charge in [0.2, 0.25) is 0 Å². The average Bonchev–Trinajstić information content (AvgIpc) is 2.46. The molecule has 23 heavy (non-hydrogen) atoms. The summed E-state index contributed by atoms with van der Waals surface area (Å²) in [5.41, 5.74) is 0. The van der Waals surface area contributed by atoms with E-state index in [0.717, 1.165) is 0 Å². The topological polar surface area (TPSA) is 83.5 Å². The summed E-state index contributed by atoms with van der Waals surface area (Å²) in [6, 6.07) is 4.31. The minimum atomic E-state index is -0.461. The van der Waals surface area contributed by atoms with Gasteiger partial charge in [0.25, 0.3) is 0 Å². The van der Waals surface area contributed by atoms with Crippen LogP contribution in [0.2, 0.25) is 0 Å². The Morgan fingerprint density at radius 2 is 1.87 bits per heavy atom. The highest BCUT2D eigenvalue weighted by Gasteiger charge is 2.06. The van der Waals surface area contributed by atoms with Crippen molar-refractivity contribution in [3.05, 3.63) is 30.5 Å². The maximum atomic E-state index is 10.8. The van der Waals surface area contributed by atoms with Crippen molar-refractivity contribution < 1.29 is 33.6 Å². The van der Waals surface area contributed by atoms with Gasteiger partial charge in [-0.15, -0.1) is 0 Å². The molecule has 0 amide bonds. The minimum Gasteiger partial charge on any atom is -0.504 e. The van der Waals surface area contributed by atoms with E-state index >= 15 is 0 Å². The Morgan fingerprint density at radius 3 is 2.48 bits per heavy atom. The second-order valence-corrected chi connectivity index (χ2v) is 4.62. The lowest BCUT2D eigenvalue weighted by Crippen LogP contribution is -2.07. The molecule has 1 N–H and O–H groups in total. The molecule has 0 radical (unpaired) electrons. The summed E-state index contributed by atoms with van der Waals surface area (Å²) in [4.78, 5) is 10.8. The number of carbonyl (C=O) groups excluding carboxylic acids is 1. The van der Waals surface area contributed by atoms with Crippen LogP contribution in [-0.4, -0.2) is 37.9 Å². The molecule has 1 aromatic carbocycles. The van der Waals surface area contributed by atoms with Crippen molar-refractivity contribution >= 4 is 5.97 Å². The van der Waals surface area contributed by atoms with Gasteiger partial charge in [-0.3, -0.25) is 4.79 Å². The quantitative estimate of drug-likeness (QED) is 0.220. The molecule has 1 rings (SSSR count). The predicted octanol–water partition coefficient (Wildman–Crippen LogP) is 2.58. The first-order valence-electron chi connectivity index (χ1n) is 7.07. The summed E-state index contributed by atoms with van der Waals surface area (Å²) < 4.78 is 25.6. The van der Waals surface area contributed by atoms with Gasteiger partial charge in [-0.1, -0.05) is 6.58 Å². The number of aromatic hydroxyl groups is 1. The smallest absolute Gasteiger partial charge is 0.308 e. The molecule has 0 saturated heterocycles. The summed E-state index contributed by atoms with van der Waals surface area (Å²) in [5.74, 6) is 0.503. The summed E-state index contributed by atoms with van der Waals surface area (Å²) in [7, 11) is 0. The first-order chi connectivity index (χ1) is 11.0. The summed E-state index contributed by atoms with van der Waals surface area (Å²) in [6.07, 6.45) is 0.681. The number of phenolic OH excluding ortho intramolecular Hbond substituents is 1. The van der Waals surface area contributed by atoms with Crippen molar-refractivity contribution in [3.8, 4) is 17.2 Å². The molecule has 0 atom stereocenters. The second-order valence-electron chi connectivity index (χ2n) is 4.62. The van der Waals surface area contributed by atoms with Gasteiger partial charge in [-0.05, 0) is 25.5 Å². The number of allylic oxidation sites excluding steroid dienone is 1. The molecule has 0 aliphatic heterocycles. The Bertz CT molecular complexity index is 513. The number of rotatable bonds is 11. The fourth-order valence-corrected chi connectivity index (χ4v) is 1.48. The van der Waals surface area contributed by atoms with Gasteiger partial charge < -0.3 is 28.8 Å². The number of ether oxygens (including phenoxy) is 5. The van der Waals surface area contributed by atoms with Crippen LogP contribution in [0.4, 0.5) is 0 Å². The molecule has 0 fully saturated rings. The van der Waals surface area contributed by atoms with Crippen molar-refractivity contribution in [2.75, 3.05) is 26.8 Å². The van der Waals surface area contributed by atoms with E-state index in [-0.39, 0.29) is 30.8 Å². The van der Waals surface area contributed by atoms with E-state index in [0.29, 0.717) is 25.4 Å². The Morgan fingerprint density at radius 1 is 1.17 bits per heavy atom. The zero-order chi connectivity index (χ0) is 17.1. The van der Waals surface area contributed by atoms with E-state index in [4.69, 9.17) is 23.7 Å². The summed E-state index contributed by atoms with van der Waals surface area (Å²) in [5, 5.41) is 9.74. The number of hydrogen-bond donors (Lipinski definition) is 1. The number of hydrogen-bond acceptors (Lipinski definition) is 7. The number of benzene rings is 1. The molecule has 0 unspecified atom stereocenters. The third kappa shape index (κ3) is 8.70. The third-order valence-corrected chi connectivity index (χ3v) is 2.46. The largest absolute Gasteiger partial charge is 0.504 e. The molecular weight excluding hydrogens is 304 g/mol. The van der Waals surface area contributed by atoms with Crippen LogP contribution in [0.5, 0.6) is 17.2 Å². The lowest BCUT2D eigenvalue weighted by Gasteiger charge is -2.10. The highest BCUT2D eigenvalue weighted by Crippen LogP contribution is 2.30. The van der Waals surface area contributed by atoms with Gasteiger partial charge in [0.15, 0.2) is 25.1 Å². The predicted molar refractivity (Wildman–Crippen MR) is 82.2 cm³/mol. The highest BCUT2D eigenvalue weighted by atomic mass is 16.7. The van der Waals surface area contributed by atoms with Crippen molar-refractivity contribution in [2.24, 2.45) is 0 Å². The molecule has 1 aromatic rings. The lowest BCUT2D eigenvalue weighted by molar-refractivity contribution is -0.131. The van der Waals surface area contributed by atoms with Crippen LogP contribution in [0.15, 0.2) is 30.5 Å². The van der Waals surface area contributed by atoms with Crippen LogP contribution >= 0.6 is 0 Å². The van der Waals surface area contributed by atoms with Gasteiger partial charge in [0.1, 0.15) is 5.75 Å². The van der Waals surface area contributed by atoms with Gasteiger partial charge >= 0.3 is 5.97 Å². The number of phenols is 1. The molecule has 0 saturated carbocycles. The van der Waals surface area contributed by atoms with E-state index in [1.807, 2.05) is 0 Å². The van der Waals surface area contributed by atoms with Gasteiger partial charge in [-0.2, -0.15) is 0 Å². The Hall–Kier alpha value is -2.25. The molecule has 0 spiro atoms. The zero-order valence-electron chi connectivity index (χ0n) is 13.4. The number of esters is 1. The normalized spacial score (nSPS) is 10.2. The maximum absolute atomic E-state index is 10.8. The van der Waals surface area contributed by atoms with Crippen molar-refractivity contribution in [1.29, 1.82) is 0 Å². The number of carbonyl (C=O) groups is 1. The zero-order valence-corrected chi connectivity index (χ0v) is 13.4. The fourth-order valence-electron chi connectivity index (χ4n) is 1.48. The second kappa shape index (κ2) is 10.5. The molecule has 0 bridgehead atoms. The van der Waals surface area contributed by atoms with E-state index < -0.39 is 5.97 Å². The molecule has 0 aromatic heterocycles.